The fourth-order valence-corrected chi connectivity index (χ4v) is 3.09. The van der Waals surface area contributed by atoms with Crippen molar-refractivity contribution in [2.24, 2.45) is 0 Å². The number of hydrogen-bond donors (Lipinski definition) is 1. The Kier molecular flexibility index (Phi) is 6.16. The number of halogens is 1. The largest absolute Gasteiger partial charge is 0.488 e. The predicted octanol–water partition coefficient (Wildman–Crippen LogP) is 4.49. The lowest BCUT2D eigenvalue weighted by atomic mass is 10.1. The van der Waals surface area contributed by atoms with E-state index in [0.29, 0.717) is 22.9 Å². The molecule has 0 saturated heterocycles. The minimum absolute atomic E-state index is 0.0213. The van der Waals surface area contributed by atoms with Gasteiger partial charge in [-0.3, -0.25) is 9.59 Å². The first-order chi connectivity index (χ1) is 13.0. The average molecular weight is 403 g/mol. The Bertz CT molecular complexity index is 939. The lowest BCUT2D eigenvalue weighted by molar-refractivity contribution is -0.136. The smallest absolute Gasteiger partial charge is 0.303 e. The number of carboxylic acid groups (broad SMARTS) is 1. The fourth-order valence-electron chi connectivity index (χ4n) is 2.38. The van der Waals surface area contributed by atoms with Gasteiger partial charge in [0, 0.05) is 22.6 Å². The van der Waals surface area contributed by atoms with E-state index in [9.17, 15) is 9.59 Å². The lowest BCUT2D eigenvalue weighted by Crippen LogP contribution is -2.03. The molecule has 138 valence electrons. The number of ketones is 1. The summed E-state index contributed by atoms with van der Waals surface area (Å²) in [5.74, 6) is -0.598. The molecule has 0 atom stereocenters. The van der Waals surface area contributed by atoms with Crippen molar-refractivity contribution in [1.29, 1.82) is 0 Å². The molecule has 0 saturated carbocycles. The molecular weight excluding hydrogens is 388 g/mol. The molecule has 0 bridgehead atoms. The van der Waals surface area contributed by atoms with Crippen LogP contribution in [0.4, 0.5) is 0 Å². The van der Waals surface area contributed by atoms with Gasteiger partial charge in [-0.2, -0.15) is 0 Å². The number of rotatable bonds is 8. The van der Waals surface area contributed by atoms with Gasteiger partial charge in [-0.1, -0.05) is 28.2 Å². The predicted molar refractivity (Wildman–Crippen MR) is 102 cm³/mol. The van der Waals surface area contributed by atoms with Crippen molar-refractivity contribution in [1.82, 2.24) is 9.59 Å². The molecule has 0 unspecified atom stereocenters. The third kappa shape index (κ3) is 5.12. The van der Waals surface area contributed by atoms with Crippen LogP contribution in [-0.4, -0.2) is 26.4 Å². The van der Waals surface area contributed by atoms with Crippen LogP contribution < -0.4 is 4.74 Å². The summed E-state index contributed by atoms with van der Waals surface area (Å²) in [6.45, 7) is 0.294. The van der Waals surface area contributed by atoms with Gasteiger partial charge >= 0.3 is 5.97 Å². The highest BCUT2D eigenvalue weighted by atomic mass is 35.5. The van der Waals surface area contributed by atoms with E-state index in [1.807, 2.05) is 12.1 Å². The summed E-state index contributed by atoms with van der Waals surface area (Å²) in [4.78, 5) is 23.3. The molecule has 27 heavy (non-hydrogen) atoms. The first kappa shape index (κ1) is 19.0. The molecule has 0 aliphatic rings. The Balaban J connectivity index is 1.63. The van der Waals surface area contributed by atoms with E-state index < -0.39 is 5.97 Å². The molecule has 0 amide bonds. The number of ether oxygens (including phenoxy) is 1. The Labute approximate surface area is 164 Å². The maximum atomic E-state index is 11.9. The summed E-state index contributed by atoms with van der Waals surface area (Å²) >= 11 is 7.17. The van der Waals surface area contributed by atoms with Gasteiger partial charge in [-0.05, 0) is 47.9 Å². The number of benzene rings is 2. The molecule has 8 heteroatoms. The van der Waals surface area contributed by atoms with Crippen molar-refractivity contribution in [3.8, 4) is 17.0 Å². The minimum atomic E-state index is -0.988. The zero-order chi connectivity index (χ0) is 19.2. The highest BCUT2D eigenvalue weighted by Gasteiger charge is 2.12. The average Bonchev–Trinajstić information content (AvgIpc) is 3.14. The van der Waals surface area contributed by atoms with Gasteiger partial charge in [0.25, 0.3) is 0 Å². The number of nitrogens with zero attached hydrogens (tertiary/aromatic N) is 2. The molecule has 6 nitrogen and oxygen atoms in total. The van der Waals surface area contributed by atoms with Gasteiger partial charge in [0.1, 0.15) is 18.1 Å². The summed E-state index contributed by atoms with van der Waals surface area (Å²) < 4.78 is 9.76. The molecule has 0 aliphatic carbocycles. The van der Waals surface area contributed by atoms with Crippen LogP contribution in [0.1, 0.15) is 28.1 Å². The molecular formula is C19H15ClN2O4S. The van der Waals surface area contributed by atoms with Crippen LogP contribution in [0.2, 0.25) is 5.02 Å². The number of aliphatic carboxylic acids is 1. The van der Waals surface area contributed by atoms with E-state index in [0.717, 1.165) is 16.1 Å². The molecule has 0 aliphatic heterocycles. The van der Waals surface area contributed by atoms with Gasteiger partial charge in [-0.15, -0.1) is 5.10 Å². The third-order valence-corrected chi connectivity index (χ3v) is 4.73. The maximum Gasteiger partial charge on any atom is 0.303 e. The molecule has 2 aromatic carbocycles. The Morgan fingerprint density at radius 2 is 1.74 bits per heavy atom. The van der Waals surface area contributed by atoms with Crippen LogP contribution in [0.3, 0.4) is 0 Å². The van der Waals surface area contributed by atoms with Crippen LogP contribution in [0.5, 0.6) is 5.75 Å². The van der Waals surface area contributed by atoms with E-state index in [-0.39, 0.29) is 18.6 Å². The second-order valence-electron chi connectivity index (χ2n) is 5.68. The Morgan fingerprint density at radius 3 is 2.41 bits per heavy atom. The van der Waals surface area contributed by atoms with Crippen molar-refractivity contribution in [3.05, 3.63) is 64.0 Å². The second kappa shape index (κ2) is 8.75. The zero-order valence-electron chi connectivity index (χ0n) is 14.1. The Hall–Kier alpha value is -2.77. The summed E-state index contributed by atoms with van der Waals surface area (Å²) in [5.41, 5.74) is 2.12. The molecule has 1 aromatic heterocycles. The summed E-state index contributed by atoms with van der Waals surface area (Å²) in [6, 6.07) is 14.0. The lowest BCUT2D eigenvalue weighted by Gasteiger charge is -2.07. The highest BCUT2D eigenvalue weighted by Crippen LogP contribution is 2.26. The first-order valence-corrected chi connectivity index (χ1v) is 9.23. The van der Waals surface area contributed by atoms with Crippen molar-refractivity contribution in [2.45, 2.75) is 19.4 Å². The van der Waals surface area contributed by atoms with Gasteiger partial charge in [-0.25, -0.2) is 0 Å². The number of aromatic nitrogens is 2. The van der Waals surface area contributed by atoms with Crippen LogP contribution in [-0.2, 0) is 11.4 Å². The van der Waals surface area contributed by atoms with Gasteiger partial charge in [0.2, 0.25) is 0 Å². The van der Waals surface area contributed by atoms with E-state index >= 15 is 0 Å². The molecule has 1 N–H and O–H groups in total. The number of carboxylic acids is 1. The van der Waals surface area contributed by atoms with Crippen molar-refractivity contribution < 1.29 is 19.4 Å². The normalized spacial score (nSPS) is 10.6. The number of carbonyl (C=O) groups excluding carboxylic acids is 1. The van der Waals surface area contributed by atoms with E-state index in [4.69, 9.17) is 21.4 Å². The fraction of sp³-hybridized carbons (Fsp3) is 0.158. The second-order valence-corrected chi connectivity index (χ2v) is 6.96. The van der Waals surface area contributed by atoms with Crippen molar-refractivity contribution in [2.75, 3.05) is 0 Å². The maximum absolute atomic E-state index is 11.9. The van der Waals surface area contributed by atoms with Crippen LogP contribution in [0, 0.1) is 0 Å². The monoisotopic (exact) mass is 402 g/mol. The molecule has 1 heterocycles. The first-order valence-electron chi connectivity index (χ1n) is 8.08. The minimum Gasteiger partial charge on any atom is -0.488 e. The summed E-state index contributed by atoms with van der Waals surface area (Å²) in [6.07, 6.45) is -0.199. The highest BCUT2D eigenvalue weighted by molar-refractivity contribution is 7.05. The SMILES string of the molecule is O=C(O)CCC(=O)c1ccc(OCc2snnc2-c2ccc(Cl)cc2)cc1. The van der Waals surface area contributed by atoms with Gasteiger partial charge in [0.15, 0.2) is 5.78 Å². The van der Waals surface area contributed by atoms with Crippen LogP contribution in [0.15, 0.2) is 48.5 Å². The quantitative estimate of drug-likeness (QED) is 0.558. The van der Waals surface area contributed by atoms with Gasteiger partial charge < -0.3 is 9.84 Å². The number of carbonyl (C=O) groups is 2. The topological polar surface area (TPSA) is 89.4 Å². The Morgan fingerprint density at radius 1 is 1.04 bits per heavy atom. The van der Waals surface area contributed by atoms with E-state index in [2.05, 4.69) is 9.59 Å². The summed E-state index contributed by atoms with van der Waals surface area (Å²) in [7, 11) is 0. The van der Waals surface area contributed by atoms with E-state index in [1.165, 1.54) is 11.5 Å². The number of Topliss-reactive ketones (excluding diaryl/α,β-unsaturated/α-hetero) is 1. The third-order valence-electron chi connectivity index (χ3n) is 3.79. The summed E-state index contributed by atoms with van der Waals surface area (Å²) in [5, 5.41) is 13.4. The van der Waals surface area contributed by atoms with Crippen LogP contribution >= 0.6 is 23.1 Å². The van der Waals surface area contributed by atoms with Crippen molar-refractivity contribution >= 4 is 34.9 Å². The van der Waals surface area contributed by atoms with Gasteiger partial charge in [0.05, 0.1) is 11.3 Å². The molecule has 3 rings (SSSR count). The van der Waals surface area contributed by atoms with Crippen LogP contribution in [0.25, 0.3) is 11.3 Å². The van der Waals surface area contributed by atoms with Crippen molar-refractivity contribution in [3.63, 3.8) is 0 Å². The molecule has 0 radical (unpaired) electrons. The number of hydrogen-bond acceptors (Lipinski definition) is 6. The van der Waals surface area contributed by atoms with E-state index in [1.54, 1.807) is 36.4 Å². The standard InChI is InChI=1S/C19H15ClN2O4S/c20-14-5-1-13(2-6-14)19-17(27-22-21-19)11-26-15-7-3-12(4-8-15)16(23)9-10-18(24)25/h1-8H,9-11H2,(H,24,25). The molecule has 3 aromatic rings. The molecule has 0 spiro atoms. The zero-order valence-corrected chi connectivity index (χ0v) is 15.7. The molecule has 0 fully saturated rings.